The SMILES string of the molecule is CNC(=O)C[C@H]1NC(=O)c2csc(n2)-c2ccc(-c3nc(C(=O)OC)cs3)nc2-c2csc(n2)-c2csc(n2)[C@H](C(C)C)NC(=O)CNC(=O)c2csc(n2)[C@@H](C(C)C)NC(=O)c2nc1sc2C. The number of nitrogens with one attached hydrogen (secondary N) is 5. The van der Waals surface area contributed by atoms with Crippen LogP contribution in [0.5, 0.6) is 0 Å². The molecular formula is C43H42N12O7S6. The van der Waals surface area contributed by atoms with E-state index in [0.717, 1.165) is 0 Å². The van der Waals surface area contributed by atoms with Crippen molar-refractivity contribution in [3.63, 3.8) is 0 Å². The smallest absolute Gasteiger partial charge is 0.357 e. The second-order valence-electron chi connectivity index (χ2n) is 15.9. The zero-order valence-electron chi connectivity index (χ0n) is 37.3. The summed E-state index contributed by atoms with van der Waals surface area (Å²) < 4.78 is 4.86. The molecule has 5 amide bonds. The van der Waals surface area contributed by atoms with Gasteiger partial charge in [0.15, 0.2) is 5.69 Å². The van der Waals surface area contributed by atoms with E-state index < -0.39 is 47.7 Å². The monoisotopic (exact) mass is 1030 g/mol. The third-order valence-electron chi connectivity index (χ3n) is 10.4. The molecule has 1 aliphatic heterocycles. The number of nitrogens with zero attached hydrogens (tertiary/aromatic N) is 7. The lowest BCUT2D eigenvalue weighted by atomic mass is 10.0. The fraction of sp³-hybridized carbons (Fsp3) is 0.326. The Morgan fingerprint density at radius 1 is 0.662 bits per heavy atom. The minimum Gasteiger partial charge on any atom is -0.464 e. The van der Waals surface area contributed by atoms with Crippen LogP contribution in [0.15, 0.2) is 39.0 Å². The summed E-state index contributed by atoms with van der Waals surface area (Å²) in [4.78, 5) is 114. The number of carbonyl (C=O) groups excluding carboxylic acids is 6. The van der Waals surface area contributed by atoms with E-state index in [2.05, 4.69) is 41.5 Å². The fourth-order valence-electron chi connectivity index (χ4n) is 6.81. The standard InChI is InChI=1S/C43H42N12O7S6/c1-17(2)30-41-51-26(15-67-41)39-48-23(12-64-39)33-20(8-9-21(46-33)38-52-27(16-65-38)43(61)62-7)37-49-25(14-63-37)35(59)47-22(10-28(56)44-6)40-55-32(19(5)68-40)36(60)54-31(18(3)4)42-50-24(13-66-42)34(58)45-11-29(57)53-30/h8-9,12-18,22,30-31H,10-11H2,1-7H3,(H,44,56)(H,45,58)(H,47,59)(H,53,57)(H,54,60)/t22-,30+,31-/m1/s1. The average Bonchev–Trinajstić information content (AvgIpc) is 4.18. The summed E-state index contributed by atoms with van der Waals surface area (Å²) in [6, 6.07) is 1.51. The first-order valence-corrected chi connectivity index (χ1v) is 26.1. The molecule has 7 aromatic rings. The normalized spacial score (nSPS) is 17.0. The van der Waals surface area contributed by atoms with E-state index in [0.29, 0.717) is 63.3 Å². The lowest BCUT2D eigenvalue weighted by Gasteiger charge is -2.20. The summed E-state index contributed by atoms with van der Waals surface area (Å²) >= 11 is 7.50. The largest absolute Gasteiger partial charge is 0.464 e. The summed E-state index contributed by atoms with van der Waals surface area (Å²) in [5, 5.41) is 25.6. The van der Waals surface area contributed by atoms with Gasteiger partial charge in [-0.1, -0.05) is 27.7 Å². The number of aromatic nitrogens is 7. The molecule has 68 heavy (non-hydrogen) atoms. The van der Waals surface area contributed by atoms with Crippen molar-refractivity contribution in [2.45, 2.75) is 59.2 Å². The van der Waals surface area contributed by atoms with Gasteiger partial charge in [0.1, 0.15) is 64.2 Å². The highest BCUT2D eigenvalue weighted by Gasteiger charge is 2.30. The molecule has 0 fully saturated rings. The minimum absolute atomic E-state index is 0.0665. The van der Waals surface area contributed by atoms with Gasteiger partial charge in [0, 0.05) is 44.4 Å². The van der Waals surface area contributed by atoms with Gasteiger partial charge in [-0.3, -0.25) is 24.0 Å². The van der Waals surface area contributed by atoms with Crippen molar-refractivity contribution in [3.05, 3.63) is 81.7 Å². The number of methoxy groups -OCH3 is 1. The first-order chi connectivity index (χ1) is 32.6. The molecule has 3 atom stereocenters. The summed E-state index contributed by atoms with van der Waals surface area (Å²) in [5.41, 5.74) is 2.89. The van der Waals surface area contributed by atoms with Gasteiger partial charge >= 0.3 is 5.97 Å². The first-order valence-electron chi connectivity index (χ1n) is 20.9. The third-order valence-corrected chi connectivity index (χ3v) is 15.9. The van der Waals surface area contributed by atoms with Crippen molar-refractivity contribution in [2.24, 2.45) is 11.8 Å². The van der Waals surface area contributed by atoms with E-state index >= 15 is 0 Å². The van der Waals surface area contributed by atoms with Gasteiger partial charge in [0.25, 0.3) is 17.7 Å². The van der Waals surface area contributed by atoms with Gasteiger partial charge in [0.2, 0.25) is 11.8 Å². The number of fused-ring (bicyclic) bond motifs is 14. The molecule has 352 valence electrons. The quantitative estimate of drug-likeness (QED) is 0.106. The molecule has 0 aliphatic carbocycles. The number of ether oxygens (including phenoxy) is 1. The van der Waals surface area contributed by atoms with E-state index in [-0.39, 0.29) is 53.5 Å². The molecule has 1 aliphatic rings. The van der Waals surface area contributed by atoms with Gasteiger partial charge < -0.3 is 31.3 Å². The highest BCUT2D eigenvalue weighted by atomic mass is 32.1. The Balaban J connectivity index is 1.20. The maximum absolute atomic E-state index is 14.1. The molecule has 8 heterocycles. The Bertz CT molecular complexity index is 3060. The van der Waals surface area contributed by atoms with Crippen LogP contribution < -0.4 is 26.6 Å². The van der Waals surface area contributed by atoms with Crippen molar-refractivity contribution >= 4 is 104 Å². The molecule has 10 bridgehead atoms. The minimum atomic E-state index is -0.933. The molecule has 0 spiro atoms. The van der Waals surface area contributed by atoms with Crippen molar-refractivity contribution in [1.29, 1.82) is 0 Å². The predicted molar refractivity (Wildman–Crippen MR) is 261 cm³/mol. The number of carbonyl (C=O) groups is 6. The van der Waals surface area contributed by atoms with Crippen molar-refractivity contribution in [2.75, 3.05) is 20.7 Å². The van der Waals surface area contributed by atoms with Crippen molar-refractivity contribution < 1.29 is 33.5 Å². The molecule has 0 radical (unpaired) electrons. The number of hydrogen-bond donors (Lipinski definition) is 5. The number of amides is 5. The summed E-state index contributed by atoms with van der Waals surface area (Å²) in [6.45, 7) is 9.13. The molecular weight excluding hydrogens is 989 g/mol. The highest BCUT2D eigenvalue weighted by Crippen LogP contribution is 2.39. The fourth-order valence-corrected chi connectivity index (χ4v) is 12.2. The van der Waals surface area contributed by atoms with Crippen LogP contribution in [0, 0.1) is 18.8 Å². The number of aryl methyl sites for hydroxylation is 1. The van der Waals surface area contributed by atoms with Crippen LogP contribution >= 0.6 is 68.0 Å². The van der Waals surface area contributed by atoms with Crippen LogP contribution in [0.25, 0.3) is 43.4 Å². The third kappa shape index (κ3) is 10.4. The second-order valence-corrected chi connectivity index (χ2v) is 21.5. The molecule has 25 heteroatoms. The number of esters is 1. The second kappa shape index (κ2) is 20.5. The lowest BCUT2D eigenvalue weighted by molar-refractivity contribution is -0.122. The van der Waals surface area contributed by atoms with Gasteiger partial charge in [-0.05, 0) is 30.9 Å². The maximum atomic E-state index is 14.1. The lowest BCUT2D eigenvalue weighted by Crippen LogP contribution is -2.40. The van der Waals surface area contributed by atoms with E-state index in [1.165, 1.54) is 82.2 Å². The van der Waals surface area contributed by atoms with Crippen molar-refractivity contribution in [1.82, 2.24) is 61.5 Å². The number of thiazole rings is 6. The summed E-state index contributed by atoms with van der Waals surface area (Å²) in [6.07, 6.45) is -0.178. The Kier molecular flexibility index (Phi) is 14.6. The molecule has 7 aromatic heterocycles. The number of hydrogen-bond acceptors (Lipinski definition) is 20. The molecule has 0 saturated carbocycles. The molecule has 5 N–H and O–H groups in total. The van der Waals surface area contributed by atoms with Gasteiger partial charge in [-0.15, -0.1) is 68.0 Å². The topological polar surface area (TPSA) is 262 Å². The van der Waals surface area contributed by atoms with Crippen LogP contribution in [-0.4, -0.2) is 91.1 Å². The molecule has 0 saturated heterocycles. The van der Waals surface area contributed by atoms with Gasteiger partial charge in [-0.25, -0.2) is 39.7 Å². The van der Waals surface area contributed by atoms with E-state index in [9.17, 15) is 28.8 Å². The van der Waals surface area contributed by atoms with E-state index in [4.69, 9.17) is 24.7 Å². The van der Waals surface area contributed by atoms with Crippen LogP contribution in [0.3, 0.4) is 0 Å². The van der Waals surface area contributed by atoms with Crippen LogP contribution in [0.4, 0.5) is 0 Å². The van der Waals surface area contributed by atoms with Crippen molar-refractivity contribution in [3.8, 4) is 43.4 Å². The number of pyridine rings is 1. The maximum Gasteiger partial charge on any atom is 0.357 e. The molecule has 0 aromatic carbocycles. The average molecular weight is 1030 g/mol. The Hall–Kier alpha value is -6.25. The molecule has 19 nitrogen and oxygen atoms in total. The zero-order chi connectivity index (χ0) is 48.4. The van der Waals surface area contributed by atoms with E-state index in [1.54, 1.807) is 35.2 Å². The summed E-state index contributed by atoms with van der Waals surface area (Å²) in [5.74, 6) is -3.25. The number of rotatable bonds is 6. The van der Waals surface area contributed by atoms with E-state index in [1.807, 2.05) is 38.5 Å². The highest BCUT2D eigenvalue weighted by molar-refractivity contribution is 7.15. The van der Waals surface area contributed by atoms with Gasteiger partial charge in [-0.2, -0.15) is 0 Å². The Morgan fingerprint density at radius 3 is 2.00 bits per heavy atom. The molecule has 8 rings (SSSR count). The molecule has 0 unspecified atom stereocenters. The van der Waals surface area contributed by atoms with Gasteiger partial charge in [0.05, 0.1) is 43.9 Å². The van der Waals surface area contributed by atoms with Crippen LogP contribution in [0.1, 0.15) is 114 Å². The summed E-state index contributed by atoms with van der Waals surface area (Å²) in [7, 11) is 2.76. The Morgan fingerprint density at radius 2 is 1.28 bits per heavy atom. The zero-order valence-corrected chi connectivity index (χ0v) is 42.2. The van der Waals surface area contributed by atoms with Crippen LogP contribution in [0.2, 0.25) is 0 Å². The predicted octanol–water partition coefficient (Wildman–Crippen LogP) is 6.87. The van der Waals surface area contributed by atoms with Crippen LogP contribution in [-0.2, 0) is 14.3 Å². The Labute approximate surface area is 412 Å². The first kappa shape index (κ1) is 48.2.